The maximum atomic E-state index is 12.2. The van der Waals surface area contributed by atoms with E-state index in [1.807, 2.05) is 38.8 Å². The fourth-order valence-electron chi connectivity index (χ4n) is 2.03. The first-order valence-corrected chi connectivity index (χ1v) is 7.41. The molecule has 5 heteroatoms. The van der Waals surface area contributed by atoms with Gasteiger partial charge in [-0.05, 0) is 44.5 Å². The molecule has 0 aromatic heterocycles. The number of carbonyl (C=O) groups is 1. The predicted octanol–water partition coefficient (Wildman–Crippen LogP) is 2.44. The largest absolute Gasteiger partial charge is 0.508 e. The van der Waals surface area contributed by atoms with Gasteiger partial charge in [0.05, 0.1) is 12.6 Å². The van der Waals surface area contributed by atoms with Crippen LogP contribution in [0.3, 0.4) is 0 Å². The zero-order valence-corrected chi connectivity index (χ0v) is 13.9. The van der Waals surface area contributed by atoms with Crippen LogP contribution in [-0.4, -0.2) is 35.0 Å². The van der Waals surface area contributed by atoms with Gasteiger partial charge in [0, 0.05) is 6.04 Å². The molecule has 0 saturated heterocycles. The van der Waals surface area contributed by atoms with Crippen molar-refractivity contribution in [2.75, 3.05) is 13.6 Å². The summed E-state index contributed by atoms with van der Waals surface area (Å²) in [5.41, 5.74) is 0.0637. The molecule has 0 aliphatic rings. The summed E-state index contributed by atoms with van der Waals surface area (Å²) in [6.45, 7) is 7.69. The highest BCUT2D eigenvalue weighted by atomic mass is 16.3. The molecule has 5 nitrogen and oxygen atoms in total. The summed E-state index contributed by atoms with van der Waals surface area (Å²) >= 11 is 0. The molecule has 22 heavy (non-hydrogen) atoms. The van der Waals surface area contributed by atoms with Gasteiger partial charge >= 0.3 is 0 Å². The second-order valence-electron chi connectivity index (χ2n) is 6.20. The van der Waals surface area contributed by atoms with E-state index in [9.17, 15) is 15.2 Å². The molecule has 0 spiro atoms. The minimum absolute atomic E-state index is 0.0229. The van der Waals surface area contributed by atoms with E-state index in [4.69, 9.17) is 0 Å². The minimum atomic E-state index is -0.869. The average Bonchev–Trinajstić information content (AvgIpc) is 2.45. The number of nitrogens with zero attached hydrogens (tertiary/aromatic N) is 2. The Hall–Kier alpha value is -2.06. The predicted molar refractivity (Wildman–Crippen MR) is 86.2 cm³/mol. The first kappa shape index (κ1) is 18.0. The smallest absolute Gasteiger partial charge is 0.235 e. The Bertz CT molecular complexity index is 565. The van der Waals surface area contributed by atoms with E-state index in [0.29, 0.717) is 0 Å². The molecule has 1 rings (SSSR count). The van der Waals surface area contributed by atoms with Crippen LogP contribution in [0.2, 0.25) is 0 Å². The molecular formula is C17H25N3O2. The van der Waals surface area contributed by atoms with Gasteiger partial charge in [-0.3, -0.25) is 9.69 Å². The van der Waals surface area contributed by atoms with Gasteiger partial charge in [-0.2, -0.15) is 5.26 Å². The van der Waals surface area contributed by atoms with Crippen molar-refractivity contribution in [1.29, 1.82) is 5.26 Å². The fourth-order valence-corrected chi connectivity index (χ4v) is 2.03. The zero-order chi connectivity index (χ0) is 16.9. The molecule has 0 bridgehead atoms. The Balaban J connectivity index is 2.70. The van der Waals surface area contributed by atoms with Gasteiger partial charge in [-0.25, -0.2) is 0 Å². The number of rotatable bonds is 6. The Labute approximate surface area is 132 Å². The van der Waals surface area contributed by atoms with E-state index in [-0.39, 0.29) is 30.2 Å². The van der Waals surface area contributed by atoms with Crippen molar-refractivity contribution in [2.45, 2.75) is 39.3 Å². The Morgan fingerprint density at radius 2 is 2.09 bits per heavy atom. The maximum absolute atomic E-state index is 12.2. The summed E-state index contributed by atoms with van der Waals surface area (Å²) in [5, 5.41) is 21.6. The zero-order valence-electron chi connectivity index (χ0n) is 13.9. The third-order valence-electron chi connectivity index (χ3n) is 4.19. The van der Waals surface area contributed by atoms with E-state index in [1.165, 1.54) is 0 Å². The Kier molecular flexibility index (Phi) is 5.95. The molecule has 0 aliphatic heterocycles. The van der Waals surface area contributed by atoms with Gasteiger partial charge in [-0.1, -0.05) is 26.0 Å². The summed E-state index contributed by atoms with van der Waals surface area (Å²) in [6.07, 6.45) is 0. The number of hydrogen-bond acceptors (Lipinski definition) is 4. The highest BCUT2D eigenvalue weighted by Crippen LogP contribution is 2.22. The standard InChI is InChI=1S/C17H25N3O2/c1-12(2)17(4,11-18)19-16(22)10-20(5)13(3)14-7-6-8-15(21)9-14/h6-9,12-13,21H,10H2,1-5H3,(H,19,22). The van der Waals surface area contributed by atoms with Gasteiger partial charge in [0.1, 0.15) is 11.3 Å². The van der Waals surface area contributed by atoms with E-state index in [0.717, 1.165) is 5.56 Å². The van der Waals surface area contributed by atoms with Crippen LogP contribution in [0, 0.1) is 17.2 Å². The van der Waals surface area contributed by atoms with E-state index in [1.54, 1.807) is 25.1 Å². The molecular weight excluding hydrogens is 278 g/mol. The first-order valence-electron chi connectivity index (χ1n) is 7.41. The molecule has 0 aliphatic carbocycles. The van der Waals surface area contributed by atoms with Crippen molar-refractivity contribution in [3.63, 3.8) is 0 Å². The van der Waals surface area contributed by atoms with Gasteiger partial charge in [0.2, 0.25) is 5.91 Å². The fraction of sp³-hybridized carbons (Fsp3) is 0.529. The topological polar surface area (TPSA) is 76.4 Å². The van der Waals surface area contributed by atoms with Crippen LogP contribution in [0.4, 0.5) is 0 Å². The maximum Gasteiger partial charge on any atom is 0.235 e. The molecule has 0 saturated carbocycles. The minimum Gasteiger partial charge on any atom is -0.508 e. The lowest BCUT2D eigenvalue weighted by Gasteiger charge is -2.30. The van der Waals surface area contributed by atoms with Crippen LogP contribution in [-0.2, 0) is 4.79 Å². The summed E-state index contributed by atoms with van der Waals surface area (Å²) in [7, 11) is 1.84. The number of hydrogen-bond donors (Lipinski definition) is 2. The monoisotopic (exact) mass is 303 g/mol. The number of phenols is 1. The molecule has 1 aromatic rings. The van der Waals surface area contributed by atoms with Crippen LogP contribution >= 0.6 is 0 Å². The van der Waals surface area contributed by atoms with Crippen molar-refractivity contribution in [1.82, 2.24) is 10.2 Å². The summed E-state index contributed by atoms with van der Waals surface area (Å²) in [5.74, 6) is 0.0431. The van der Waals surface area contributed by atoms with E-state index in [2.05, 4.69) is 11.4 Å². The second kappa shape index (κ2) is 7.28. The van der Waals surface area contributed by atoms with Crippen LogP contribution in [0.5, 0.6) is 5.75 Å². The van der Waals surface area contributed by atoms with Crippen LogP contribution < -0.4 is 5.32 Å². The second-order valence-corrected chi connectivity index (χ2v) is 6.20. The van der Waals surface area contributed by atoms with Crippen LogP contribution in [0.1, 0.15) is 39.3 Å². The van der Waals surface area contributed by atoms with E-state index >= 15 is 0 Å². The number of benzene rings is 1. The number of carbonyl (C=O) groups excluding carboxylic acids is 1. The van der Waals surface area contributed by atoms with Crippen molar-refractivity contribution in [3.8, 4) is 11.8 Å². The summed E-state index contributed by atoms with van der Waals surface area (Å²) in [6, 6.07) is 9.13. The number of likely N-dealkylation sites (N-methyl/N-ethyl adjacent to an activating group) is 1. The lowest BCUT2D eigenvalue weighted by Crippen LogP contribution is -2.51. The van der Waals surface area contributed by atoms with Crippen LogP contribution in [0.15, 0.2) is 24.3 Å². The molecule has 0 radical (unpaired) electrons. The van der Waals surface area contributed by atoms with E-state index < -0.39 is 5.54 Å². The van der Waals surface area contributed by atoms with Crippen molar-refractivity contribution >= 4 is 5.91 Å². The summed E-state index contributed by atoms with van der Waals surface area (Å²) < 4.78 is 0. The normalized spacial score (nSPS) is 15.2. The highest BCUT2D eigenvalue weighted by molar-refractivity contribution is 5.79. The number of aromatic hydroxyl groups is 1. The first-order chi connectivity index (χ1) is 10.2. The van der Waals surface area contributed by atoms with Gasteiger partial charge in [-0.15, -0.1) is 0 Å². The summed E-state index contributed by atoms with van der Waals surface area (Å²) in [4.78, 5) is 14.1. The molecule has 0 fully saturated rings. The van der Waals surface area contributed by atoms with Gasteiger partial charge < -0.3 is 10.4 Å². The number of amides is 1. The third-order valence-corrected chi connectivity index (χ3v) is 4.19. The van der Waals surface area contributed by atoms with Crippen molar-refractivity contribution in [3.05, 3.63) is 29.8 Å². The van der Waals surface area contributed by atoms with Crippen molar-refractivity contribution in [2.24, 2.45) is 5.92 Å². The van der Waals surface area contributed by atoms with Gasteiger partial charge in [0.15, 0.2) is 0 Å². The molecule has 2 N–H and O–H groups in total. The Morgan fingerprint density at radius 3 is 2.59 bits per heavy atom. The number of nitriles is 1. The number of phenolic OH excluding ortho intramolecular Hbond substituents is 1. The lowest BCUT2D eigenvalue weighted by molar-refractivity contribution is -0.124. The molecule has 1 aromatic carbocycles. The molecule has 0 heterocycles. The molecule has 2 unspecified atom stereocenters. The SMILES string of the molecule is CC(c1cccc(O)c1)N(C)CC(=O)NC(C)(C#N)C(C)C. The highest BCUT2D eigenvalue weighted by Gasteiger charge is 2.30. The Morgan fingerprint density at radius 1 is 1.45 bits per heavy atom. The molecule has 120 valence electrons. The lowest BCUT2D eigenvalue weighted by atomic mass is 9.90. The quantitative estimate of drug-likeness (QED) is 0.846. The average molecular weight is 303 g/mol. The van der Waals surface area contributed by atoms with Gasteiger partial charge in [0.25, 0.3) is 0 Å². The van der Waals surface area contributed by atoms with Crippen LogP contribution in [0.25, 0.3) is 0 Å². The van der Waals surface area contributed by atoms with Crippen molar-refractivity contribution < 1.29 is 9.90 Å². The molecule has 1 amide bonds. The number of nitrogens with one attached hydrogen (secondary N) is 1. The third kappa shape index (κ3) is 4.47. The molecule has 2 atom stereocenters.